The van der Waals surface area contributed by atoms with Crippen LogP contribution in [0.1, 0.15) is 62.1 Å². The lowest BCUT2D eigenvalue weighted by Gasteiger charge is -2.15. The second-order valence-electron chi connectivity index (χ2n) is 7.32. The average Bonchev–Trinajstić information content (AvgIpc) is 2.69. The molecule has 2 rings (SSSR count). The Bertz CT molecular complexity index is 718. The molecule has 0 amide bonds. The van der Waals surface area contributed by atoms with Crippen LogP contribution >= 0.6 is 15.9 Å². The Morgan fingerprint density at radius 1 is 0.964 bits per heavy atom. The third kappa shape index (κ3) is 7.84. The summed E-state index contributed by atoms with van der Waals surface area (Å²) in [5.41, 5.74) is 3.58. The van der Waals surface area contributed by atoms with E-state index in [-0.39, 0.29) is 0 Å². The minimum atomic E-state index is 0.528. The fourth-order valence-electron chi connectivity index (χ4n) is 3.20. The quantitative estimate of drug-likeness (QED) is 0.342. The number of methoxy groups -OCH3 is 1. The Morgan fingerprint density at radius 2 is 1.75 bits per heavy atom. The smallest absolute Gasteiger partial charge is 0.162 e. The normalized spacial score (nSPS) is 10.9. The number of nitrogens with one attached hydrogen (secondary N) is 1. The first-order valence-electron chi connectivity index (χ1n) is 10.4. The van der Waals surface area contributed by atoms with E-state index in [1.807, 2.05) is 6.07 Å². The molecular formula is C24H34BrNO2. The van der Waals surface area contributed by atoms with Crippen molar-refractivity contribution >= 4 is 15.9 Å². The Labute approximate surface area is 179 Å². The summed E-state index contributed by atoms with van der Waals surface area (Å²) in [6, 6.07) is 12.4. The van der Waals surface area contributed by atoms with Gasteiger partial charge in [-0.1, -0.05) is 84.8 Å². The van der Waals surface area contributed by atoms with Crippen LogP contribution in [0.3, 0.4) is 0 Å². The molecule has 28 heavy (non-hydrogen) atoms. The van der Waals surface area contributed by atoms with Crippen LogP contribution in [0.2, 0.25) is 0 Å². The lowest BCUT2D eigenvalue weighted by molar-refractivity contribution is 0.284. The first kappa shape index (κ1) is 22.8. The number of halogens is 1. The van der Waals surface area contributed by atoms with E-state index in [4.69, 9.17) is 9.47 Å². The SMILES string of the molecule is CCCCCCCCNCc1cc(OC)c(OCc2cccc(C)c2)cc1Br. The molecule has 0 aliphatic heterocycles. The molecule has 0 aliphatic carbocycles. The highest BCUT2D eigenvalue weighted by Crippen LogP contribution is 2.34. The Kier molecular flexibility index (Phi) is 10.4. The van der Waals surface area contributed by atoms with Crippen molar-refractivity contribution in [3.05, 3.63) is 57.6 Å². The molecule has 4 heteroatoms. The fraction of sp³-hybridized carbons (Fsp3) is 0.500. The number of unbranched alkanes of at least 4 members (excludes halogenated alkanes) is 5. The van der Waals surface area contributed by atoms with Crippen LogP contribution in [0.5, 0.6) is 11.5 Å². The van der Waals surface area contributed by atoms with Crippen molar-refractivity contribution < 1.29 is 9.47 Å². The number of benzene rings is 2. The number of rotatable bonds is 13. The summed E-state index contributed by atoms with van der Waals surface area (Å²) in [4.78, 5) is 0. The molecule has 2 aromatic carbocycles. The molecule has 0 aromatic heterocycles. The molecule has 0 fully saturated rings. The van der Waals surface area contributed by atoms with Crippen LogP contribution in [-0.2, 0) is 13.2 Å². The van der Waals surface area contributed by atoms with Crippen LogP contribution in [0.15, 0.2) is 40.9 Å². The summed E-state index contributed by atoms with van der Waals surface area (Å²) in [6.07, 6.45) is 7.92. The van der Waals surface area contributed by atoms with Crippen molar-refractivity contribution in [2.75, 3.05) is 13.7 Å². The molecule has 0 saturated carbocycles. The van der Waals surface area contributed by atoms with Crippen LogP contribution < -0.4 is 14.8 Å². The predicted octanol–water partition coefficient (Wildman–Crippen LogP) is 6.80. The average molecular weight is 448 g/mol. The Morgan fingerprint density at radius 3 is 2.50 bits per heavy atom. The minimum absolute atomic E-state index is 0.528. The zero-order valence-corrected chi connectivity index (χ0v) is 19.1. The molecule has 0 heterocycles. The molecule has 0 atom stereocenters. The minimum Gasteiger partial charge on any atom is -0.493 e. The Hall–Kier alpha value is -1.52. The summed E-state index contributed by atoms with van der Waals surface area (Å²) >= 11 is 3.68. The van der Waals surface area contributed by atoms with Crippen molar-refractivity contribution in [1.82, 2.24) is 5.32 Å². The van der Waals surface area contributed by atoms with Gasteiger partial charge in [-0.2, -0.15) is 0 Å². The second-order valence-corrected chi connectivity index (χ2v) is 8.17. The van der Waals surface area contributed by atoms with E-state index >= 15 is 0 Å². The van der Waals surface area contributed by atoms with Crippen LogP contribution in [0.4, 0.5) is 0 Å². The summed E-state index contributed by atoms with van der Waals surface area (Å²) < 4.78 is 12.6. The van der Waals surface area contributed by atoms with E-state index in [0.29, 0.717) is 6.61 Å². The predicted molar refractivity (Wildman–Crippen MR) is 121 cm³/mol. The van der Waals surface area contributed by atoms with E-state index in [1.54, 1.807) is 7.11 Å². The molecule has 0 spiro atoms. The summed E-state index contributed by atoms with van der Waals surface area (Å²) in [5.74, 6) is 1.53. The van der Waals surface area contributed by atoms with Gasteiger partial charge in [-0.05, 0) is 43.1 Å². The number of hydrogen-bond donors (Lipinski definition) is 1. The van der Waals surface area contributed by atoms with Crippen LogP contribution in [0.25, 0.3) is 0 Å². The van der Waals surface area contributed by atoms with Gasteiger partial charge < -0.3 is 14.8 Å². The zero-order valence-electron chi connectivity index (χ0n) is 17.5. The van der Waals surface area contributed by atoms with Crippen molar-refractivity contribution in [3.63, 3.8) is 0 Å². The van der Waals surface area contributed by atoms with Gasteiger partial charge in [-0.25, -0.2) is 0 Å². The second kappa shape index (κ2) is 12.8. The van der Waals surface area contributed by atoms with Gasteiger partial charge >= 0.3 is 0 Å². The molecule has 0 aliphatic rings. The van der Waals surface area contributed by atoms with E-state index in [0.717, 1.165) is 34.6 Å². The van der Waals surface area contributed by atoms with Crippen molar-refractivity contribution in [2.24, 2.45) is 0 Å². The maximum atomic E-state index is 6.02. The van der Waals surface area contributed by atoms with Gasteiger partial charge in [-0.15, -0.1) is 0 Å². The maximum absolute atomic E-state index is 6.02. The topological polar surface area (TPSA) is 30.5 Å². The molecule has 0 saturated heterocycles. The largest absolute Gasteiger partial charge is 0.493 e. The van der Waals surface area contributed by atoms with Crippen molar-refractivity contribution in [1.29, 1.82) is 0 Å². The first-order valence-corrected chi connectivity index (χ1v) is 11.2. The molecule has 3 nitrogen and oxygen atoms in total. The standard InChI is InChI=1S/C24H34BrNO2/c1-4-5-6-7-8-9-13-26-17-21-15-23(27-3)24(16-22(21)25)28-18-20-12-10-11-19(2)14-20/h10-12,14-16,26H,4-9,13,17-18H2,1-3H3. The maximum Gasteiger partial charge on any atom is 0.162 e. The van der Waals surface area contributed by atoms with Gasteiger partial charge in [0.05, 0.1) is 7.11 Å². The summed E-state index contributed by atoms with van der Waals surface area (Å²) in [7, 11) is 1.69. The van der Waals surface area contributed by atoms with Gasteiger partial charge in [-0.3, -0.25) is 0 Å². The van der Waals surface area contributed by atoms with E-state index < -0.39 is 0 Å². The molecule has 1 N–H and O–H groups in total. The molecule has 2 aromatic rings. The highest BCUT2D eigenvalue weighted by molar-refractivity contribution is 9.10. The molecule has 154 valence electrons. The number of hydrogen-bond acceptors (Lipinski definition) is 3. The lowest BCUT2D eigenvalue weighted by atomic mass is 10.1. The molecule has 0 radical (unpaired) electrons. The van der Waals surface area contributed by atoms with Crippen LogP contribution in [-0.4, -0.2) is 13.7 Å². The third-order valence-corrected chi connectivity index (χ3v) is 5.57. The molecule has 0 bridgehead atoms. The van der Waals surface area contributed by atoms with E-state index in [2.05, 4.69) is 65.4 Å². The highest BCUT2D eigenvalue weighted by Gasteiger charge is 2.10. The molecular weight excluding hydrogens is 414 g/mol. The monoisotopic (exact) mass is 447 g/mol. The van der Waals surface area contributed by atoms with Gasteiger partial charge in [0.25, 0.3) is 0 Å². The third-order valence-electron chi connectivity index (χ3n) is 4.83. The fourth-order valence-corrected chi connectivity index (χ4v) is 3.66. The van der Waals surface area contributed by atoms with E-state index in [9.17, 15) is 0 Å². The van der Waals surface area contributed by atoms with Gasteiger partial charge in [0, 0.05) is 11.0 Å². The van der Waals surface area contributed by atoms with Gasteiger partial charge in [0.2, 0.25) is 0 Å². The van der Waals surface area contributed by atoms with Crippen molar-refractivity contribution in [3.8, 4) is 11.5 Å². The highest BCUT2D eigenvalue weighted by atomic mass is 79.9. The van der Waals surface area contributed by atoms with Crippen molar-refractivity contribution in [2.45, 2.75) is 65.5 Å². The number of aryl methyl sites for hydroxylation is 1. The lowest BCUT2D eigenvalue weighted by Crippen LogP contribution is -2.15. The molecule has 0 unspecified atom stereocenters. The van der Waals surface area contributed by atoms with Crippen LogP contribution in [0, 0.1) is 6.92 Å². The summed E-state index contributed by atoms with van der Waals surface area (Å²) in [6.45, 7) is 6.75. The Balaban J connectivity index is 1.84. The summed E-state index contributed by atoms with van der Waals surface area (Å²) in [5, 5.41) is 3.54. The zero-order chi connectivity index (χ0) is 20.2. The van der Waals surface area contributed by atoms with Gasteiger partial charge in [0.15, 0.2) is 11.5 Å². The number of ether oxygens (including phenoxy) is 2. The van der Waals surface area contributed by atoms with E-state index in [1.165, 1.54) is 49.7 Å². The van der Waals surface area contributed by atoms with Gasteiger partial charge in [0.1, 0.15) is 6.61 Å². The first-order chi connectivity index (χ1) is 13.6.